The number of aromatic nitrogens is 1. The van der Waals surface area contributed by atoms with Gasteiger partial charge in [0.1, 0.15) is 6.42 Å². The fraction of sp³-hybridized carbons (Fsp3) is 0.500. The summed E-state index contributed by atoms with van der Waals surface area (Å²) in [5, 5.41) is 8.36. The monoisotopic (exact) mass is 223 g/mol. The lowest BCUT2D eigenvalue weighted by Crippen LogP contribution is -2.06. The van der Waals surface area contributed by atoms with Crippen LogP contribution in [0.15, 0.2) is 4.42 Å². The van der Waals surface area contributed by atoms with Crippen LogP contribution in [0, 0.1) is 0 Å². The number of halogens is 3. The summed E-state index contributed by atoms with van der Waals surface area (Å²) < 4.78 is 41.3. The first-order valence-electron chi connectivity index (χ1n) is 4.12. The Hall–Kier alpha value is -1.53. The summed E-state index contributed by atoms with van der Waals surface area (Å²) in [7, 11) is 0. The Kier molecular flexibility index (Phi) is 3.01. The minimum Gasteiger partial charge on any atom is -0.481 e. The summed E-state index contributed by atoms with van der Waals surface area (Å²) in [6.07, 6.45) is -5.24. The molecule has 0 aliphatic heterocycles. The fourth-order valence-corrected chi connectivity index (χ4v) is 1.07. The molecule has 0 bridgehead atoms. The number of hydrogen-bond donors (Lipinski definition) is 1. The van der Waals surface area contributed by atoms with Crippen molar-refractivity contribution in [3.8, 4) is 0 Å². The van der Waals surface area contributed by atoms with Gasteiger partial charge in [0, 0.05) is 0 Å². The van der Waals surface area contributed by atoms with Gasteiger partial charge >= 0.3 is 12.1 Å². The first kappa shape index (κ1) is 11.5. The smallest absolute Gasteiger partial charge is 0.451 e. The Labute approximate surface area is 82.7 Å². The molecule has 0 saturated heterocycles. The number of carboxylic acid groups (broad SMARTS) is 1. The van der Waals surface area contributed by atoms with Crippen LogP contribution < -0.4 is 0 Å². The number of nitrogens with zero attached hydrogens (tertiary/aromatic N) is 1. The molecule has 84 valence electrons. The molecule has 0 aromatic carbocycles. The zero-order chi connectivity index (χ0) is 11.6. The number of carbonyl (C=O) groups is 1. The Morgan fingerprint density at radius 1 is 1.53 bits per heavy atom. The van der Waals surface area contributed by atoms with E-state index >= 15 is 0 Å². The Morgan fingerprint density at radius 2 is 2.13 bits per heavy atom. The second kappa shape index (κ2) is 3.92. The van der Waals surface area contributed by atoms with E-state index in [4.69, 9.17) is 5.11 Å². The predicted octanol–water partition coefficient (Wildman–Crippen LogP) is 1.88. The molecule has 0 fully saturated rings. The Bertz CT molecular complexity index is 370. The van der Waals surface area contributed by atoms with Crippen molar-refractivity contribution in [2.24, 2.45) is 0 Å². The average molecular weight is 223 g/mol. The van der Waals surface area contributed by atoms with Crippen LogP contribution in [0.5, 0.6) is 0 Å². The lowest BCUT2D eigenvalue weighted by Gasteiger charge is -2.02. The summed E-state index contributed by atoms with van der Waals surface area (Å²) >= 11 is 0. The lowest BCUT2D eigenvalue weighted by molar-refractivity contribution is -0.154. The first-order valence-corrected chi connectivity index (χ1v) is 4.12. The molecule has 15 heavy (non-hydrogen) atoms. The van der Waals surface area contributed by atoms with Gasteiger partial charge < -0.3 is 9.52 Å². The van der Waals surface area contributed by atoms with Gasteiger partial charge in [0.05, 0.1) is 5.69 Å². The molecule has 0 amide bonds. The van der Waals surface area contributed by atoms with Gasteiger partial charge in [0.2, 0.25) is 11.7 Å². The number of oxazole rings is 1. The molecule has 1 heterocycles. The van der Waals surface area contributed by atoms with Crippen LogP contribution in [-0.4, -0.2) is 16.1 Å². The van der Waals surface area contributed by atoms with Crippen LogP contribution in [0.2, 0.25) is 0 Å². The van der Waals surface area contributed by atoms with Gasteiger partial charge in [-0.25, -0.2) is 4.98 Å². The van der Waals surface area contributed by atoms with Crippen LogP contribution in [0.25, 0.3) is 0 Å². The number of alkyl halides is 3. The molecule has 1 aromatic heterocycles. The van der Waals surface area contributed by atoms with Crippen molar-refractivity contribution in [3.63, 3.8) is 0 Å². The Morgan fingerprint density at radius 3 is 2.47 bits per heavy atom. The molecule has 1 N–H and O–H groups in total. The Balaban J connectivity index is 3.06. The lowest BCUT2D eigenvalue weighted by atomic mass is 10.3. The minimum absolute atomic E-state index is 0.0396. The van der Waals surface area contributed by atoms with Crippen LogP contribution in [0.4, 0.5) is 13.2 Å². The molecular formula is C8H8F3NO3. The number of aryl methyl sites for hydroxylation is 1. The third-order valence-corrected chi connectivity index (χ3v) is 1.64. The molecule has 4 nitrogen and oxygen atoms in total. The van der Waals surface area contributed by atoms with Crippen LogP contribution in [-0.2, 0) is 23.8 Å². The molecule has 1 aromatic rings. The van der Waals surface area contributed by atoms with Gasteiger partial charge in [-0.15, -0.1) is 0 Å². The SMILES string of the molecule is CCc1nc(CC(=O)O)oc1C(F)(F)F. The van der Waals surface area contributed by atoms with Gasteiger partial charge in [0.15, 0.2) is 0 Å². The molecule has 0 aliphatic carbocycles. The maximum atomic E-state index is 12.3. The van der Waals surface area contributed by atoms with Gasteiger partial charge in [-0.3, -0.25) is 4.79 Å². The molecule has 0 spiro atoms. The van der Waals surface area contributed by atoms with E-state index in [9.17, 15) is 18.0 Å². The zero-order valence-electron chi connectivity index (χ0n) is 7.76. The largest absolute Gasteiger partial charge is 0.481 e. The normalized spacial score (nSPS) is 11.7. The molecule has 0 aliphatic rings. The van der Waals surface area contributed by atoms with E-state index in [1.165, 1.54) is 6.92 Å². The van der Waals surface area contributed by atoms with E-state index < -0.39 is 30.2 Å². The maximum Gasteiger partial charge on any atom is 0.451 e. The van der Waals surface area contributed by atoms with Crippen LogP contribution in [0.3, 0.4) is 0 Å². The van der Waals surface area contributed by atoms with E-state index in [1.807, 2.05) is 0 Å². The molecular weight excluding hydrogens is 215 g/mol. The summed E-state index contributed by atoms with van der Waals surface area (Å²) in [6.45, 7) is 1.48. The topological polar surface area (TPSA) is 63.3 Å². The van der Waals surface area contributed by atoms with E-state index in [2.05, 4.69) is 9.40 Å². The molecule has 0 atom stereocenters. The van der Waals surface area contributed by atoms with Crippen molar-refractivity contribution in [1.29, 1.82) is 0 Å². The van der Waals surface area contributed by atoms with Gasteiger partial charge in [-0.05, 0) is 6.42 Å². The standard InChI is InChI=1S/C8H8F3NO3/c1-2-4-7(8(9,10)11)15-5(12-4)3-6(13)14/h2-3H2,1H3,(H,13,14). The van der Waals surface area contributed by atoms with Crippen molar-refractivity contribution < 1.29 is 27.5 Å². The third kappa shape index (κ3) is 2.71. The number of carboxylic acids is 1. The molecule has 0 unspecified atom stereocenters. The molecule has 7 heteroatoms. The summed E-state index contributed by atoms with van der Waals surface area (Å²) in [4.78, 5) is 13.7. The van der Waals surface area contributed by atoms with E-state index in [0.717, 1.165) is 0 Å². The van der Waals surface area contributed by atoms with E-state index in [0.29, 0.717) is 0 Å². The van der Waals surface area contributed by atoms with Gasteiger partial charge in [-0.2, -0.15) is 13.2 Å². The highest BCUT2D eigenvalue weighted by Gasteiger charge is 2.39. The zero-order valence-corrected chi connectivity index (χ0v) is 7.76. The quantitative estimate of drug-likeness (QED) is 0.849. The van der Waals surface area contributed by atoms with Crippen LogP contribution >= 0.6 is 0 Å². The highest BCUT2D eigenvalue weighted by molar-refractivity contribution is 5.68. The number of rotatable bonds is 3. The molecule has 0 saturated carbocycles. The number of hydrogen-bond acceptors (Lipinski definition) is 3. The second-order valence-corrected chi connectivity index (χ2v) is 2.81. The highest BCUT2D eigenvalue weighted by Crippen LogP contribution is 2.32. The fourth-order valence-electron chi connectivity index (χ4n) is 1.07. The van der Waals surface area contributed by atoms with Crippen molar-refractivity contribution in [2.45, 2.75) is 25.9 Å². The number of aliphatic carboxylic acids is 1. The molecule has 1 rings (SSSR count). The van der Waals surface area contributed by atoms with E-state index in [1.54, 1.807) is 0 Å². The second-order valence-electron chi connectivity index (χ2n) is 2.81. The van der Waals surface area contributed by atoms with Crippen molar-refractivity contribution in [2.75, 3.05) is 0 Å². The highest BCUT2D eigenvalue weighted by atomic mass is 19.4. The third-order valence-electron chi connectivity index (χ3n) is 1.64. The summed E-state index contributed by atoms with van der Waals surface area (Å²) in [6, 6.07) is 0. The average Bonchev–Trinajstić information content (AvgIpc) is 2.45. The summed E-state index contributed by atoms with van der Waals surface area (Å²) in [5.74, 6) is -2.92. The first-order chi connectivity index (χ1) is 6.84. The van der Waals surface area contributed by atoms with Crippen molar-refractivity contribution in [1.82, 2.24) is 4.98 Å². The maximum absolute atomic E-state index is 12.3. The van der Waals surface area contributed by atoms with Gasteiger partial charge in [-0.1, -0.05) is 6.92 Å². The van der Waals surface area contributed by atoms with E-state index in [-0.39, 0.29) is 12.1 Å². The minimum atomic E-state index is -4.63. The van der Waals surface area contributed by atoms with Crippen molar-refractivity contribution in [3.05, 3.63) is 17.3 Å². The van der Waals surface area contributed by atoms with Gasteiger partial charge in [0.25, 0.3) is 0 Å². The predicted molar refractivity (Wildman–Crippen MR) is 42.2 cm³/mol. The van der Waals surface area contributed by atoms with Crippen molar-refractivity contribution >= 4 is 5.97 Å². The summed E-state index contributed by atoms with van der Waals surface area (Å²) in [5.41, 5.74) is -0.265. The molecule has 0 radical (unpaired) electrons. The van der Waals surface area contributed by atoms with Crippen LogP contribution in [0.1, 0.15) is 24.3 Å².